The first-order valence-corrected chi connectivity index (χ1v) is 7.31. The van der Waals surface area contributed by atoms with Gasteiger partial charge in [0.25, 0.3) is 0 Å². The highest BCUT2D eigenvalue weighted by molar-refractivity contribution is 5.56. The van der Waals surface area contributed by atoms with Crippen LogP contribution in [0.5, 0.6) is 11.6 Å². The van der Waals surface area contributed by atoms with Crippen LogP contribution < -0.4 is 10.5 Å². The fraction of sp³-hybridized carbons (Fsp3) is 0.471. The van der Waals surface area contributed by atoms with Crippen LogP contribution in [0.2, 0.25) is 0 Å². The zero-order valence-electron chi connectivity index (χ0n) is 13.8. The average molecular weight is 287 g/mol. The molecule has 0 fully saturated rings. The van der Waals surface area contributed by atoms with Gasteiger partial charge in [-0.05, 0) is 17.4 Å². The summed E-state index contributed by atoms with van der Waals surface area (Å²) in [5.41, 5.74) is 8.86. The monoisotopic (exact) mass is 287 g/mol. The van der Waals surface area contributed by atoms with Crippen molar-refractivity contribution in [2.45, 2.75) is 46.0 Å². The number of para-hydroxylation sites is 1. The lowest BCUT2D eigenvalue weighted by molar-refractivity contribution is 0.415. The normalized spacial score (nSPS) is 12.0. The highest BCUT2D eigenvalue weighted by atomic mass is 16.5. The summed E-state index contributed by atoms with van der Waals surface area (Å²) in [5, 5.41) is 4.46. The van der Waals surface area contributed by atoms with Crippen molar-refractivity contribution in [3.63, 3.8) is 0 Å². The molecule has 1 heterocycles. The SMILES string of the molecule is CC(C)c1nn(C)c(Oc2ccccc2C(C)(C)C)c1N. The second kappa shape index (κ2) is 5.43. The molecule has 2 rings (SSSR count). The van der Waals surface area contributed by atoms with Crippen molar-refractivity contribution in [1.29, 1.82) is 0 Å². The lowest BCUT2D eigenvalue weighted by atomic mass is 9.86. The van der Waals surface area contributed by atoms with Gasteiger partial charge in [-0.3, -0.25) is 0 Å². The van der Waals surface area contributed by atoms with Gasteiger partial charge in [0.1, 0.15) is 11.4 Å². The largest absolute Gasteiger partial charge is 0.437 e. The second-order valence-electron chi connectivity index (χ2n) is 6.73. The van der Waals surface area contributed by atoms with E-state index in [0.717, 1.165) is 17.0 Å². The Balaban J connectivity index is 2.45. The molecule has 0 atom stereocenters. The Kier molecular flexibility index (Phi) is 3.99. The maximum Gasteiger partial charge on any atom is 0.241 e. The van der Waals surface area contributed by atoms with Gasteiger partial charge in [-0.15, -0.1) is 0 Å². The summed E-state index contributed by atoms with van der Waals surface area (Å²) in [6, 6.07) is 8.06. The molecule has 4 heteroatoms. The number of benzene rings is 1. The van der Waals surface area contributed by atoms with E-state index in [1.807, 2.05) is 25.2 Å². The molecule has 2 aromatic rings. The van der Waals surface area contributed by atoms with E-state index >= 15 is 0 Å². The highest BCUT2D eigenvalue weighted by Gasteiger charge is 2.22. The van der Waals surface area contributed by atoms with Crippen molar-refractivity contribution in [2.75, 3.05) is 5.73 Å². The summed E-state index contributed by atoms with van der Waals surface area (Å²) in [6.45, 7) is 10.7. The van der Waals surface area contributed by atoms with Crippen LogP contribution in [0.4, 0.5) is 5.69 Å². The minimum atomic E-state index is 0.00479. The van der Waals surface area contributed by atoms with E-state index < -0.39 is 0 Å². The lowest BCUT2D eigenvalue weighted by Gasteiger charge is -2.22. The van der Waals surface area contributed by atoms with Crippen molar-refractivity contribution in [2.24, 2.45) is 7.05 Å². The van der Waals surface area contributed by atoms with E-state index in [2.05, 4.69) is 45.8 Å². The maximum atomic E-state index is 6.20. The molecule has 0 unspecified atom stereocenters. The molecule has 2 N–H and O–H groups in total. The molecule has 114 valence electrons. The molecule has 0 radical (unpaired) electrons. The Morgan fingerprint density at radius 3 is 2.33 bits per heavy atom. The maximum absolute atomic E-state index is 6.20. The summed E-state index contributed by atoms with van der Waals surface area (Å²) in [6.07, 6.45) is 0. The van der Waals surface area contributed by atoms with Crippen molar-refractivity contribution in [3.05, 3.63) is 35.5 Å². The average Bonchev–Trinajstić information content (AvgIpc) is 2.66. The van der Waals surface area contributed by atoms with Crippen LogP contribution in [-0.4, -0.2) is 9.78 Å². The molecule has 0 aliphatic carbocycles. The first kappa shape index (κ1) is 15.4. The fourth-order valence-corrected chi connectivity index (χ4v) is 2.37. The molecule has 1 aromatic carbocycles. The predicted molar refractivity (Wildman–Crippen MR) is 86.9 cm³/mol. The van der Waals surface area contributed by atoms with Crippen LogP contribution >= 0.6 is 0 Å². The van der Waals surface area contributed by atoms with Crippen molar-refractivity contribution in [1.82, 2.24) is 9.78 Å². The van der Waals surface area contributed by atoms with Gasteiger partial charge in [0, 0.05) is 12.6 Å². The standard InChI is InChI=1S/C17H25N3O/c1-11(2)15-14(18)16(20(6)19-15)21-13-10-8-7-9-12(13)17(3,4)5/h7-11H,18H2,1-6H3. The molecule has 0 saturated heterocycles. The zero-order valence-corrected chi connectivity index (χ0v) is 13.8. The minimum Gasteiger partial charge on any atom is -0.437 e. The molecule has 0 amide bonds. The van der Waals surface area contributed by atoms with Gasteiger partial charge in [-0.25, -0.2) is 4.68 Å². The van der Waals surface area contributed by atoms with Crippen molar-refractivity contribution >= 4 is 5.69 Å². The van der Waals surface area contributed by atoms with Gasteiger partial charge in [-0.1, -0.05) is 52.8 Å². The van der Waals surface area contributed by atoms with E-state index in [4.69, 9.17) is 10.5 Å². The van der Waals surface area contributed by atoms with Gasteiger partial charge in [0.05, 0.1) is 5.69 Å². The number of hydrogen-bond acceptors (Lipinski definition) is 3. The summed E-state index contributed by atoms with van der Waals surface area (Å²) in [7, 11) is 1.86. The fourth-order valence-electron chi connectivity index (χ4n) is 2.37. The Labute approximate surface area is 126 Å². The number of hydrogen-bond donors (Lipinski definition) is 1. The molecule has 0 saturated carbocycles. The first-order chi connectivity index (χ1) is 9.71. The van der Waals surface area contributed by atoms with Gasteiger partial charge in [0.15, 0.2) is 0 Å². The molecule has 0 spiro atoms. The van der Waals surface area contributed by atoms with E-state index in [1.165, 1.54) is 0 Å². The summed E-state index contributed by atoms with van der Waals surface area (Å²) in [4.78, 5) is 0. The molecule has 21 heavy (non-hydrogen) atoms. The molecule has 0 bridgehead atoms. The molecule has 4 nitrogen and oxygen atoms in total. The third kappa shape index (κ3) is 3.04. The molecule has 1 aromatic heterocycles. The zero-order chi connectivity index (χ0) is 15.8. The van der Waals surface area contributed by atoms with Gasteiger partial charge >= 0.3 is 0 Å². The quantitative estimate of drug-likeness (QED) is 0.919. The van der Waals surface area contributed by atoms with E-state index in [1.54, 1.807) is 4.68 Å². The van der Waals surface area contributed by atoms with E-state index in [-0.39, 0.29) is 11.3 Å². The van der Waals surface area contributed by atoms with Crippen LogP contribution in [0, 0.1) is 0 Å². The van der Waals surface area contributed by atoms with Crippen LogP contribution in [0.15, 0.2) is 24.3 Å². The Hall–Kier alpha value is -1.97. The third-order valence-electron chi connectivity index (χ3n) is 3.51. The van der Waals surface area contributed by atoms with Crippen LogP contribution in [0.25, 0.3) is 0 Å². The predicted octanol–water partition coefficient (Wildman–Crippen LogP) is 4.22. The third-order valence-corrected chi connectivity index (χ3v) is 3.51. The number of aromatic nitrogens is 2. The summed E-state index contributed by atoms with van der Waals surface area (Å²) >= 11 is 0. The topological polar surface area (TPSA) is 53.1 Å². The van der Waals surface area contributed by atoms with Gasteiger partial charge in [-0.2, -0.15) is 5.10 Å². The highest BCUT2D eigenvalue weighted by Crippen LogP contribution is 2.37. The number of rotatable bonds is 3. The van der Waals surface area contributed by atoms with Crippen LogP contribution in [-0.2, 0) is 12.5 Å². The Morgan fingerprint density at radius 1 is 1.19 bits per heavy atom. The van der Waals surface area contributed by atoms with E-state index in [9.17, 15) is 0 Å². The second-order valence-corrected chi connectivity index (χ2v) is 6.73. The molecule has 0 aliphatic heterocycles. The smallest absolute Gasteiger partial charge is 0.241 e. The Morgan fingerprint density at radius 2 is 1.81 bits per heavy atom. The molecule has 0 aliphatic rings. The van der Waals surface area contributed by atoms with Crippen LogP contribution in [0.3, 0.4) is 0 Å². The van der Waals surface area contributed by atoms with E-state index in [0.29, 0.717) is 11.6 Å². The Bertz CT molecular complexity index is 636. The molecular formula is C17H25N3O. The summed E-state index contributed by atoms with van der Waals surface area (Å²) in [5.74, 6) is 1.71. The number of nitrogen functional groups attached to an aromatic ring is 1. The number of anilines is 1. The van der Waals surface area contributed by atoms with Crippen LogP contribution in [0.1, 0.15) is 51.8 Å². The summed E-state index contributed by atoms with van der Waals surface area (Å²) < 4.78 is 7.82. The molecular weight excluding hydrogens is 262 g/mol. The number of aryl methyl sites for hydroxylation is 1. The van der Waals surface area contributed by atoms with Crippen molar-refractivity contribution < 1.29 is 4.74 Å². The minimum absolute atomic E-state index is 0.00479. The number of nitrogens with zero attached hydrogens (tertiary/aromatic N) is 2. The van der Waals surface area contributed by atoms with Crippen molar-refractivity contribution in [3.8, 4) is 11.6 Å². The number of nitrogens with two attached hydrogens (primary N) is 1. The first-order valence-electron chi connectivity index (χ1n) is 7.31. The van der Waals surface area contributed by atoms with Gasteiger partial charge < -0.3 is 10.5 Å². The number of ether oxygens (including phenoxy) is 1. The van der Waals surface area contributed by atoms with Gasteiger partial charge in [0.2, 0.25) is 5.88 Å². The lowest BCUT2D eigenvalue weighted by Crippen LogP contribution is -2.12.